The monoisotopic (exact) mass is 368 g/mol. The molecular weight excluding hydrogens is 344 g/mol. The molecule has 0 heterocycles. The van der Waals surface area contributed by atoms with Gasteiger partial charge in [-0.05, 0) is 31.0 Å². The van der Waals surface area contributed by atoms with Crippen molar-refractivity contribution >= 4 is 23.5 Å². The first kappa shape index (κ1) is 20.2. The third-order valence-corrected chi connectivity index (χ3v) is 3.91. The highest BCUT2D eigenvalue weighted by Gasteiger charge is 2.16. The van der Waals surface area contributed by atoms with E-state index in [2.05, 4.69) is 10.6 Å². The van der Waals surface area contributed by atoms with Gasteiger partial charge in [-0.25, -0.2) is 0 Å². The van der Waals surface area contributed by atoms with E-state index in [-0.39, 0.29) is 25.0 Å². The fourth-order valence-corrected chi connectivity index (χ4v) is 2.50. The first-order valence-corrected chi connectivity index (χ1v) is 8.91. The van der Waals surface area contributed by atoms with Crippen molar-refractivity contribution < 1.29 is 19.1 Å². The van der Waals surface area contributed by atoms with Gasteiger partial charge in [0.25, 0.3) is 11.8 Å². The molecule has 6 heteroatoms. The molecule has 0 bridgehead atoms. The summed E-state index contributed by atoms with van der Waals surface area (Å²) in [5.74, 6) is -1.21. The number of nitrogens with one attached hydrogen (secondary N) is 2. The average molecular weight is 368 g/mol. The Hall–Kier alpha value is -3.15. The summed E-state index contributed by atoms with van der Waals surface area (Å²) in [6.07, 6.45) is 0.923. The number of esters is 1. The zero-order valence-electron chi connectivity index (χ0n) is 15.5. The maximum Gasteiger partial charge on any atom is 0.306 e. The lowest BCUT2D eigenvalue weighted by Gasteiger charge is -2.16. The number of amides is 2. The Bertz CT molecular complexity index is 790. The summed E-state index contributed by atoms with van der Waals surface area (Å²) in [6.45, 7) is 3.36. The summed E-state index contributed by atoms with van der Waals surface area (Å²) >= 11 is 0. The number of ether oxygens (including phenoxy) is 1. The van der Waals surface area contributed by atoms with Gasteiger partial charge in [-0.1, -0.05) is 49.4 Å². The van der Waals surface area contributed by atoms with E-state index in [9.17, 15) is 14.4 Å². The van der Waals surface area contributed by atoms with Crippen molar-refractivity contribution in [3.63, 3.8) is 0 Å². The minimum Gasteiger partial charge on any atom is -0.456 e. The van der Waals surface area contributed by atoms with Gasteiger partial charge in [0.2, 0.25) is 0 Å². The summed E-state index contributed by atoms with van der Waals surface area (Å²) in [5.41, 5.74) is 1.69. The zero-order chi connectivity index (χ0) is 19.6. The summed E-state index contributed by atoms with van der Waals surface area (Å²) in [7, 11) is 0. The molecule has 0 unspecified atom stereocenters. The molecule has 27 heavy (non-hydrogen) atoms. The van der Waals surface area contributed by atoms with Crippen molar-refractivity contribution in [3.8, 4) is 0 Å². The summed E-state index contributed by atoms with van der Waals surface area (Å²) in [4.78, 5) is 36.0. The molecule has 0 aliphatic carbocycles. The number of carbonyl (C=O) groups is 3. The molecule has 2 amide bonds. The molecule has 2 aromatic rings. The lowest BCUT2D eigenvalue weighted by atomic mass is 10.1. The highest BCUT2D eigenvalue weighted by Crippen LogP contribution is 2.18. The average Bonchev–Trinajstić information content (AvgIpc) is 2.67. The van der Waals surface area contributed by atoms with Crippen LogP contribution in [0.25, 0.3) is 0 Å². The van der Waals surface area contributed by atoms with Crippen LogP contribution < -0.4 is 10.6 Å². The van der Waals surface area contributed by atoms with Gasteiger partial charge in [-0.3, -0.25) is 14.4 Å². The van der Waals surface area contributed by atoms with Crippen molar-refractivity contribution in [1.29, 1.82) is 0 Å². The van der Waals surface area contributed by atoms with Crippen LogP contribution in [-0.4, -0.2) is 24.4 Å². The maximum atomic E-state index is 12.6. The Morgan fingerprint density at radius 1 is 1.00 bits per heavy atom. The number of benzene rings is 2. The molecule has 0 saturated carbocycles. The molecule has 6 nitrogen and oxygen atoms in total. The lowest BCUT2D eigenvalue weighted by Crippen LogP contribution is -2.28. The van der Waals surface area contributed by atoms with Crippen LogP contribution in [-0.2, 0) is 14.3 Å². The van der Waals surface area contributed by atoms with E-state index in [1.807, 2.05) is 44.2 Å². The van der Waals surface area contributed by atoms with E-state index in [4.69, 9.17) is 4.74 Å². The van der Waals surface area contributed by atoms with E-state index in [1.165, 1.54) is 0 Å². The summed E-state index contributed by atoms with van der Waals surface area (Å²) in [6, 6.07) is 16.1. The fourth-order valence-electron chi connectivity index (χ4n) is 2.50. The van der Waals surface area contributed by atoms with Crippen LogP contribution in [0.4, 0.5) is 5.69 Å². The van der Waals surface area contributed by atoms with E-state index in [1.54, 1.807) is 24.3 Å². The second kappa shape index (κ2) is 10.1. The van der Waals surface area contributed by atoms with Gasteiger partial charge >= 0.3 is 5.97 Å². The van der Waals surface area contributed by atoms with Crippen molar-refractivity contribution in [2.24, 2.45) is 0 Å². The Morgan fingerprint density at radius 2 is 1.67 bits per heavy atom. The predicted octanol–water partition coefficient (Wildman–Crippen LogP) is 3.46. The maximum absolute atomic E-state index is 12.6. The van der Waals surface area contributed by atoms with Crippen molar-refractivity contribution in [2.75, 3.05) is 11.9 Å². The van der Waals surface area contributed by atoms with Gasteiger partial charge in [0.15, 0.2) is 6.61 Å². The smallest absolute Gasteiger partial charge is 0.306 e. The highest BCUT2D eigenvalue weighted by molar-refractivity contribution is 6.04. The summed E-state index contributed by atoms with van der Waals surface area (Å²) in [5, 5.41) is 5.54. The van der Waals surface area contributed by atoms with Crippen molar-refractivity contribution in [3.05, 3.63) is 65.7 Å². The minimum absolute atomic E-state index is 0.183. The highest BCUT2D eigenvalue weighted by atomic mass is 16.5. The van der Waals surface area contributed by atoms with E-state index < -0.39 is 11.9 Å². The van der Waals surface area contributed by atoms with E-state index in [0.29, 0.717) is 17.7 Å². The third-order valence-electron chi connectivity index (χ3n) is 3.91. The molecule has 0 radical (unpaired) electrons. The molecule has 0 saturated heterocycles. The van der Waals surface area contributed by atoms with Gasteiger partial charge in [-0.15, -0.1) is 0 Å². The van der Waals surface area contributed by atoms with Crippen LogP contribution in [0.2, 0.25) is 0 Å². The molecule has 2 N–H and O–H groups in total. The second-order valence-electron chi connectivity index (χ2n) is 6.11. The molecule has 0 aromatic heterocycles. The molecule has 0 spiro atoms. The standard InChI is InChI=1S/C21H24N2O4/c1-3-9-20(25)27-14-19(24)23-18-13-8-7-12-17(18)21(26)22-15(2)16-10-5-4-6-11-16/h4-8,10-13,15H,3,9,14H2,1-2H3,(H,22,26)(H,23,24)/t15-/m0/s1. The topological polar surface area (TPSA) is 84.5 Å². The van der Waals surface area contributed by atoms with Gasteiger partial charge in [0, 0.05) is 6.42 Å². The van der Waals surface area contributed by atoms with Crippen LogP contribution in [0.3, 0.4) is 0 Å². The van der Waals surface area contributed by atoms with Crippen molar-refractivity contribution in [1.82, 2.24) is 5.32 Å². The zero-order valence-corrected chi connectivity index (χ0v) is 15.5. The van der Waals surface area contributed by atoms with Crippen LogP contribution in [0.5, 0.6) is 0 Å². The largest absolute Gasteiger partial charge is 0.456 e. The quantitative estimate of drug-likeness (QED) is 0.699. The van der Waals surface area contributed by atoms with Crippen LogP contribution in [0, 0.1) is 0 Å². The van der Waals surface area contributed by atoms with Crippen LogP contribution in [0.1, 0.15) is 48.7 Å². The molecule has 0 fully saturated rings. The molecular formula is C21H24N2O4. The molecule has 2 aromatic carbocycles. The number of para-hydroxylation sites is 1. The number of hydrogen-bond donors (Lipinski definition) is 2. The third kappa shape index (κ3) is 6.26. The summed E-state index contributed by atoms with van der Waals surface area (Å²) < 4.78 is 4.89. The first-order valence-electron chi connectivity index (χ1n) is 8.91. The second-order valence-corrected chi connectivity index (χ2v) is 6.11. The predicted molar refractivity (Wildman–Crippen MR) is 103 cm³/mol. The van der Waals surface area contributed by atoms with Gasteiger partial charge in [-0.2, -0.15) is 0 Å². The Kier molecular flexibility index (Phi) is 7.55. The number of rotatable bonds is 8. The fraction of sp³-hybridized carbons (Fsp3) is 0.286. The van der Waals surface area contributed by atoms with Crippen LogP contribution >= 0.6 is 0 Å². The molecule has 2 rings (SSSR count). The number of carbonyl (C=O) groups excluding carboxylic acids is 3. The van der Waals surface area contributed by atoms with E-state index in [0.717, 1.165) is 5.56 Å². The lowest BCUT2D eigenvalue weighted by molar-refractivity contribution is -0.147. The Morgan fingerprint density at radius 3 is 2.37 bits per heavy atom. The van der Waals surface area contributed by atoms with Gasteiger partial charge < -0.3 is 15.4 Å². The number of hydrogen-bond acceptors (Lipinski definition) is 4. The minimum atomic E-state index is -0.490. The normalized spacial score (nSPS) is 11.3. The Balaban J connectivity index is 2.01. The Labute approximate surface area is 158 Å². The molecule has 142 valence electrons. The first-order chi connectivity index (χ1) is 13.0. The van der Waals surface area contributed by atoms with E-state index >= 15 is 0 Å². The SMILES string of the molecule is CCCC(=O)OCC(=O)Nc1ccccc1C(=O)N[C@@H](C)c1ccccc1. The van der Waals surface area contributed by atoms with Gasteiger partial charge in [0.1, 0.15) is 0 Å². The number of anilines is 1. The molecule has 0 aliphatic heterocycles. The molecule has 0 aliphatic rings. The van der Waals surface area contributed by atoms with Crippen molar-refractivity contribution in [2.45, 2.75) is 32.7 Å². The molecule has 1 atom stereocenters. The van der Waals surface area contributed by atoms with Gasteiger partial charge in [0.05, 0.1) is 17.3 Å². The van der Waals surface area contributed by atoms with Crippen LogP contribution in [0.15, 0.2) is 54.6 Å².